The number of benzene rings is 1. The van der Waals surface area contributed by atoms with Gasteiger partial charge in [-0.05, 0) is 32.0 Å². The minimum Gasteiger partial charge on any atom is -0.368 e. The van der Waals surface area contributed by atoms with Crippen LogP contribution in [-0.4, -0.2) is 13.0 Å². The van der Waals surface area contributed by atoms with Gasteiger partial charge in [-0.2, -0.15) is 0 Å². The molecular formula is C11H16N2O. The van der Waals surface area contributed by atoms with E-state index in [1.807, 2.05) is 32.0 Å². The number of amides is 1. The molecule has 0 saturated heterocycles. The van der Waals surface area contributed by atoms with Gasteiger partial charge in [0.2, 0.25) is 5.91 Å². The van der Waals surface area contributed by atoms with E-state index in [0.29, 0.717) is 0 Å². The molecule has 0 fully saturated rings. The van der Waals surface area contributed by atoms with Crippen molar-refractivity contribution in [1.82, 2.24) is 5.32 Å². The average Bonchev–Trinajstić information content (AvgIpc) is 2.09. The second-order valence-corrected chi connectivity index (χ2v) is 3.48. The number of hydrogen-bond donors (Lipinski definition) is 2. The van der Waals surface area contributed by atoms with Crippen molar-refractivity contribution in [3.63, 3.8) is 0 Å². The molecule has 0 saturated carbocycles. The van der Waals surface area contributed by atoms with Crippen LogP contribution < -0.4 is 11.1 Å². The maximum absolute atomic E-state index is 11.1. The van der Waals surface area contributed by atoms with Gasteiger partial charge in [-0.15, -0.1) is 0 Å². The zero-order chi connectivity index (χ0) is 10.7. The standard InChI is InChI=1S/C11H16N2O/c1-7-4-5-9(8(2)6-7)10(13-3)11(12)14/h4-6,10,13H,1-3H3,(H2,12,14). The normalized spacial score (nSPS) is 12.5. The summed E-state index contributed by atoms with van der Waals surface area (Å²) in [6.07, 6.45) is 0. The van der Waals surface area contributed by atoms with Crippen molar-refractivity contribution in [2.24, 2.45) is 5.73 Å². The molecule has 0 aliphatic carbocycles. The highest BCUT2D eigenvalue weighted by molar-refractivity contribution is 5.81. The molecule has 1 rings (SSSR count). The summed E-state index contributed by atoms with van der Waals surface area (Å²) in [5.41, 5.74) is 8.51. The smallest absolute Gasteiger partial charge is 0.239 e. The highest BCUT2D eigenvalue weighted by atomic mass is 16.1. The van der Waals surface area contributed by atoms with Gasteiger partial charge in [0.1, 0.15) is 6.04 Å². The molecule has 3 N–H and O–H groups in total. The van der Waals surface area contributed by atoms with Gasteiger partial charge in [0, 0.05) is 0 Å². The zero-order valence-corrected chi connectivity index (χ0v) is 8.79. The molecule has 76 valence electrons. The van der Waals surface area contributed by atoms with Crippen LogP contribution in [0.3, 0.4) is 0 Å². The molecule has 0 bridgehead atoms. The third-order valence-corrected chi connectivity index (χ3v) is 2.31. The van der Waals surface area contributed by atoms with Gasteiger partial charge in [-0.1, -0.05) is 23.8 Å². The van der Waals surface area contributed by atoms with Crippen LogP contribution in [-0.2, 0) is 4.79 Å². The lowest BCUT2D eigenvalue weighted by molar-refractivity contribution is -0.120. The zero-order valence-electron chi connectivity index (χ0n) is 8.79. The molecule has 1 aromatic rings. The highest BCUT2D eigenvalue weighted by Gasteiger charge is 2.16. The Morgan fingerprint density at radius 3 is 2.50 bits per heavy atom. The fourth-order valence-corrected chi connectivity index (χ4v) is 1.60. The van der Waals surface area contributed by atoms with E-state index in [1.54, 1.807) is 7.05 Å². The van der Waals surface area contributed by atoms with E-state index in [-0.39, 0.29) is 5.91 Å². The predicted molar refractivity (Wildman–Crippen MR) is 56.9 cm³/mol. The molecule has 0 aromatic heterocycles. The monoisotopic (exact) mass is 192 g/mol. The number of hydrogen-bond acceptors (Lipinski definition) is 2. The molecular weight excluding hydrogens is 176 g/mol. The Hall–Kier alpha value is -1.35. The summed E-state index contributed by atoms with van der Waals surface area (Å²) in [4.78, 5) is 11.1. The molecule has 1 amide bonds. The van der Waals surface area contributed by atoms with Gasteiger partial charge in [-0.25, -0.2) is 0 Å². The number of carbonyl (C=O) groups excluding carboxylic acids is 1. The van der Waals surface area contributed by atoms with Crippen LogP contribution in [0.15, 0.2) is 18.2 Å². The largest absolute Gasteiger partial charge is 0.368 e. The summed E-state index contributed by atoms with van der Waals surface area (Å²) in [6.45, 7) is 4.01. The summed E-state index contributed by atoms with van der Waals surface area (Å²) < 4.78 is 0. The topological polar surface area (TPSA) is 55.1 Å². The molecule has 0 aliphatic heterocycles. The molecule has 0 spiro atoms. The van der Waals surface area contributed by atoms with Crippen molar-refractivity contribution in [2.75, 3.05) is 7.05 Å². The summed E-state index contributed by atoms with van der Waals surface area (Å²) in [5.74, 6) is -0.348. The van der Waals surface area contributed by atoms with Gasteiger partial charge in [0.15, 0.2) is 0 Å². The minimum atomic E-state index is -0.393. The first-order valence-electron chi connectivity index (χ1n) is 4.60. The minimum absolute atomic E-state index is 0.348. The Labute approximate surface area is 84.3 Å². The van der Waals surface area contributed by atoms with Crippen molar-refractivity contribution in [1.29, 1.82) is 0 Å². The molecule has 0 radical (unpaired) electrons. The van der Waals surface area contributed by atoms with Crippen LogP contribution in [0.5, 0.6) is 0 Å². The fourth-order valence-electron chi connectivity index (χ4n) is 1.60. The first-order chi connectivity index (χ1) is 6.56. The fraction of sp³-hybridized carbons (Fsp3) is 0.364. The number of primary amides is 1. The first-order valence-corrected chi connectivity index (χ1v) is 4.60. The Balaban J connectivity index is 3.10. The number of aryl methyl sites for hydroxylation is 2. The van der Waals surface area contributed by atoms with Crippen LogP contribution in [0.1, 0.15) is 22.7 Å². The van der Waals surface area contributed by atoms with Gasteiger partial charge >= 0.3 is 0 Å². The Morgan fingerprint density at radius 2 is 2.07 bits per heavy atom. The molecule has 3 heteroatoms. The summed E-state index contributed by atoms with van der Waals surface area (Å²) in [5, 5.41) is 2.90. The average molecular weight is 192 g/mol. The lowest BCUT2D eigenvalue weighted by Crippen LogP contribution is -2.31. The lowest BCUT2D eigenvalue weighted by Gasteiger charge is -2.15. The van der Waals surface area contributed by atoms with E-state index < -0.39 is 6.04 Å². The van der Waals surface area contributed by atoms with E-state index in [4.69, 9.17) is 5.73 Å². The summed E-state index contributed by atoms with van der Waals surface area (Å²) in [6, 6.07) is 5.57. The van der Waals surface area contributed by atoms with Gasteiger partial charge < -0.3 is 11.1 Å². The Kier molecular flexibility index (Phi) is 3.25. The SMILES string of the molecule is CNC(C(N)=O)c1ccc(C)cc1C. The molecule has 1 aromatic carbocycles. The molecule has 0 heterocycles. The quantitative estimate of drug-likeness (QED) is 0.752. The van der Waals surface area contributed by atoms with E-state index in [9.17, 15) is 4.79 Å². The van der Waals surface area contributed by atoms with Crippen molar-refractivity contribution in [3.8, 4) is 0 Å². The maximum Gasteiger partial charge on any atom is 0.239 e. The van der Waals surface area contributed by atoms with Crippen LogP contribution >= 0.6 is 0 Å². The molecule has 0 aliphatic rings. The third-order valence-electron chi connectivity index (χ3n) is 2.31. The van der Waals surface area contributed by atoms with E-state index in [2.05, 4.69) is 5.32 Å². The van der Waals surface area contributed by atoms with E-state index in [1.165, 1.54) is 5.56 Å². The number of likely N-dealkylation sites (N-methyl/N-ethyl adjacent to an activating group) is 1. The lowest BCUT2D eigenvalue weighted by atomic mass is 9.99. The molecule has 1 unspecified atom stereocenters. The molecule has 3 nitrogen and oxygen atoms in total. The van der Waals surface area contributed by atoms with Crippen LogP contribution in [0.25, 0.3) is 0 Å². The van der Waals surface area contributed by atoms with Crippen LogP contribution in [0, 0.1) is 13.8 Å². The number of carbonyl (C=O) groups is 1. The number of rotatable bonds is 3. The van der Waals surface area contributed by atoms with Gasteiger partial charge in [-0.3, -0.25) is 4.79 Å². The van der Waals surface area contributed by atoms with E-state index in [0.717, 1.165) is 11.1 Å². The first kappa shape index (κ1) is 10.7. The Bertz CT molecular complexity index is 347. The van der Waals surface area contributed by atoms with Crippen LogP contribution in [0.2, 0.25) is 0 Å². The highest BCUT2D eigenvalue weighted by Crippen LogP contribution is 2.18. The van der Waals surface area contributed by atoms with Crippen molar-refractivity contribution in [3.05, 3.63) is 34.9 Å². The predicted octanol–water partition coefficient (Wildman–Crippen LogP) is 1.05. The molecule has 1 atom stereocenters. The van der Waals surface area contributed by atoms with Crippen LogP contribution in [0.4, 0.5) is 0 Å². The third kappa shape index (κ3) is 2.12. The summed E-state index contributed by atoms with van der Waals surface area (Å²) in [7, 11) is 1.73. The van der Waals surface area contributed by atoms with Crippen molar-refractivity contribution in [2.45, 2.75) is 19.9 Å². The second kappa shape index (κ2) is 4.24. The van der Waals surface area contributed by atoms with Crippen molar-refractivity contribution >= 4 is 5.91 Å². The molecule has 14 heavy (non-hydrogen) atoms. The van der Waals surface area contributed by atoms with Gasteiger partial charge in [0.25, 0.3) is 0 Å². The van der Waals surface area contributed by atoms with Gasteiger partial charge in [0.05, 0.1) is 0 Å². The number of nitrogens with one attached hydrogen (secondary N) is 1. The second-order valence-electron chi connectivity index (χ2n) is 3.48. The number of nitrogens with two attached hydrogens (primary N) is 1. The van der Waals surface area contributed by atoms with E-state index >= 15 is 0 Å². The van der Waals surface area contributed by atoms with Crippen molar-refractivity contribution < 1.29 is 4.79 Å². The summed E-state index contributed by atoms with van der Waals surface area (Å²) >= 11 is 0. The maximum atomic E-state index is 11.1. The Morgan fingerprint density at radius 1 is 1.43 bits per heavy atom.